The van der Waals surface area contributed by atoms with Gasteiger partial charge in [-0.1, -0.05) is 18.2 Å². The number of carbonyl (C=O) groups excluding carboxylic acids is 1. The first-order valence-electron chi connectivity index (χ1n) is 10.5. The average Bonchev–Trinajstić information content (AvgIpc) is 2.78. The van der Waals surface area contributed by atoms with Crippen LogP contribution in [-0.4, -0.2) is 35.4 Å². The van der Waals surface area contributed by atoms with Crippen molar-refractivity contribution in [1.82, 2.24) is 9.88 Å². The second-order valence-corrected chi connectivity index (χ2v) is 8.02. The van der Waals surface area contributed by atoms with E-state index < -0.39 is 0 Å². The third-order valence-electron chi connectivity index (χ3n) is 5.59. The highest BCUT2D eigenvalue weighted by Gasteiger charge is 2.23. The molecule has 1 atom stereocenters. The number of likely N-dealkylation sites (tertiary alicyclic amines) is 1. The van der Waals surface area contributed by atoms with E-state index in [-0.39, 0.29) is 23.5 Å². The van der Waals surface area contributed by atoms with Crippen molar-refractivity contribution in [3.8, 4) is 0 Å². The van der Waals surface area contributed by atoms with Gasteiger partial charge in [-0.05, 0) is 79.4 Å². The fourth-order valence-electron chi connectivity index (χ4n) is 4.00. The van der Waals surface area contributed by atoms with Crippen molar-refractivity contribution in [2.24, 2.45) is 0 Å². The van der Waals surface area contributed by atoms with Gasteiger partial charge in [0.25, 0.3) is 0 Å². The van der Waals surface area contributed by atoms with Gasteiger partial charge in [0, 0.05) is 30.0 Å². The zero-order chi connectivity index (χ0) is 21.6. The number of rotatable bonds is 6. The van der Waals surface area contributed by atoms with E-state index in [1.807, 2.05) is 6.20 Å². The fraction of sp³-hybridized carbons (Fsp3) is 0.280. The Morgan fingerprint density at radius 3 is 2.32 bits per heavy atom. The second kappa shape index (κ2) is 9.79. The molecule has 3 aromatic rings. The highest BCUT2D eigenvalue weighted by Crippen LogP contribution is 2.26. The molecule has 0 saturated carbocycles. The molecule has 1 aliphatic heterocycles. The van der Waals surface area contributed by atoms with Crippen LogP contribution in [0.1, 0.15) is 35.6 Å². The van der Waals surface area contributed by atoms with E-state index in [4.69, 9.17) is 0 Å². The van der Waals surface area contributed by atoms with Crippen molar-refractivity contribution in [3.63, 3.8) is 0 Å². The molecule has 0 bridgehead atoms. The zero-order valence-corrected chi connectivity index (χ0v) is 17.2. The Morgan fingerprint density at radius 1 is 0.968 bits per heavy atom. The van der Waals surface area contributed by atoms with Crippen molar-refractivity contribution in [3.05, 3.63) is 95.3 Å². The van der Waals surface area contributed by atoms with Gasteiger partial charge in [0.15, 0.2) is 0 Å². The van der Waals surface area contributed by atoms with Gasteiger partial charge >= 0.3 is 0 Å². The van der Waals surface area contributed by atoms with E-state index >= 15 is 0 Å². The van der Waals surface area contributed by atoms with Gasteiger partial charge in [-0.3, -0.25) is 14.7 Å². The van der Waals surface area contributed by atoms with E-state index in [9.17, 15) is 13.6 Å². The smallest absolute Gasteiger partial charge is 0.238 e. The van der Waals surface area contributed by atoms with E-state index in [0.717, 1.165) is 42.8 Å². The first kappa shape index (κ1) is 21.1. The number of anilines is 1. The van der Waals surface area contributed by atoms with E-state index in [0.29, 0.717) is 18.7 Å². The van der Waals surface area contributed by atoms with Gasteiger partial charge in [0.05, 0.1) is 6.54 Å². The molecule has 160 valence electrons. The van der Waals surface area contributed by atoms with Crippen molar-refractivity contribution < 1.29 is 13.6 Å². The van der Waals surface area contributed by atoms with Gasteiger partial charge in [-0.15, -0.1) is 0 Å². The number of pyridine rings is 1. The minimum absolute atomic E-state index is 0.102. The normalized spacial score (nSPS) is 16.8. The number of nitrogens with zero attached hydrogens (tertiary/aromatic N) is 2. The number of hydrogen-bond donors (Lipinski definition) is 1. The highest BCUT2D eigenvalue weighted by atomic mass is 19.1. The molecule has 6 heteroatoms. The molecule has 0 unspecified atom stereocenters. The molecule has 1 aromatic heterocycles. The van der Waals surface area contributed by atoms with Crippen LogP contribution in [0.3, 0.4) is 0 Å². The van der Waals surface area contributed by atoms with Gasteiger partial charge in [0.2, 0.25) is 5.91 Å². The maximum Gasteiger partial charge on any atom is 0.238 e. The Labute approximate surface area is 180 Å². The Hall–Kier alpha value is -3.12. The number of benzene rings is 2. The lowest BCUT2D eigenvalue weighted by Crippen LogP contribution is -2.40. The monoisotopic (exact) mass is 421 g/mol. The van der Waals surface area contributed by atoms with Crippen LogP contribution in [-0.2, 0) is 11.2 Å². The summed E-state index contributed by atoms with van der Waals surface area (Å²) in [5.41, 5.74) is 3.76. The van der Waals surface area contributed by atoms with Gasteiger partial charge in [0.1, 0.15) is 11.6 Å². The molecule has 2 heterocycles. The van der Waals surface area contributed by atoms with Crippen LogP contribution in [0.2, 0.25) is 0 Å². The van der Waals surface area contributed by atoms with Crippen molar-refractivity contribution in [1.29, 1.82) is 0 Å². The van der Waals surface area contributed by atoms with E-state index in [1.165, 1.54) is 24.3 Å². The van der Waals surface area contributed by atoms with Crippen molar-refractivity contribution in [2.75, 3.05) is 25.0 Å². The molecule has 2 aromatic carbocycles. The first-order chi connectivity index (χ1) is 15.0. The summed E-state index contributed by atoms with van der Waals surface area (Å²) in [6.07, 6.45) is 4.65. The zero-order valence-electron chi connectivity index (χ0n) is 17.2. The fourth-order valence-corrected chi connectivity index (χ4v) is 4.00. The Bertz CT molecular complexity index is 1000. The van der Waals surface area contributed by atoms with Gasteiger partial charge in [-0.2, -0.15) is 0 Å². The van der Waals surface area contributed by atoms with E-state index in [1.54, 1.807) is 24.3 Å². The van der Waals surface area contributed by atoms with Crippen LogP contribution in [0.5, 0.6) is 0 Å². The molecule has 1 fully saturated rings. The summed E-state index contributed by atoms with van der Waals surface area (Å²) in [7, 11) is 0. The van der Waals surface area contributed by atoms with Crippen LogP contribution < -0.4 is 5.32 Å². The summed E-state index contributed by atoms with van der Waals surface area (Å²) in [6.45, 7) is 1.95. The highest BCUT2D eigenvalue weighted by molar-refractivity contribution is 5.92. The summed E-state index contributed by atoms with van der Waals surface area (Å²) in [6, 6.07) is 16.4. The average molecular weight is 421 g/mol. The maximum absolute atomic E-state index is 13.1. The lowest BCUT2D eigenvalue weighted by molar-refractivity contribution is -0.117. The van der Waals surface area contributed by atoms with E-state index in [2.05, 4.69) is 27.3 Å². The first-order valence-corrected chi connectivity index (χ1v) is 10.5. The Kier molecular flexibility index (Phi) is 6.67. The molecular formula is C25H25F2N3O. The van der Waals surface area contributed by atoms with Crippen LogP contribution >= 0.6 is 0 Å². The Morgan fingerprint density at radius 2 is 1.65 bits per heavy atom. The second-order valence-electron chi connectivity index (χ2n) is 8.02. The minimum Gasteiger partial charge on any atom is -0.325 e. The molecule has 1 aliphatic rings. The van der Waals surface area contributed by atoms with Gasteiger partial charge < -0.3 is 5.32 Å². The van der Waals surface area contributed by atoms with Crippen molar-refractivity contribution >= 4 is 11.6 Å². The molecule has 1 N–H and O–H groups in total. The van der Waals surface area contributed by atoms with Crippen LogP contribution in [0.25, 0.3) is 0 Å². The van der Waals surface area contributed by atoms with Crippen LogP contribution in [0.15, 0.2) is 66.9 Å². The predicted octanol–water partition coefficient (Wildman–Crippen LogP) is 4.77. The molecule has 4 nitrogen and oxygen atoms in total. The lowest BCUT2D eigenvalue weighted by atomic mass is 9.93. The summed E-state index contributed by atoms with van der Waals surface area (Å²) in [4.78, 5) is 19.2. The van der Waals surface area contributed by atoms with Gasteiger partial charge in [-0.25, -0.2) is 8.78 Å². The molecule has 1 amide bonds. The predicted molar refractivity (Wildman–Crippen MR) is 117 cm³/mol. The summed E-state index contributed by atoms with van der Waals surface area (Å²) >= 11 is 0. The number of nitrogens with one attached hydrogen (secondary N) is 1. The summed E-state index contributed by atoms with van der Waals surface area (Å²) < 4.78 is 26.1. The maximum atomic E-state index is 13.1. The molecule has 0 aliphatic carbocycles. The number of aromatic nitrogens is 1. The molecule has 31 heavy (non-hydrogen) atoms. The quantitative estimate of drug-likeness (QED) is 0.624. The third kappa shape index (κ3) is 5.95. The molecule has 0 radical (unpaired) electrons. The van der Waals surface area contributed by atoms with Crippen LogP contribution in [0, 0.1) is 11.6 Å². The molecule has 0 spiro atoms. The third-order valence-corrected chi connectivity index (χ3v) is 5.59. The van der Waals surface area contributed by atoms with Crippen molar-refractivity contribution in [2.45, 2.75) is 25.2 Å². The Balaban J connectivity index is 1.31. The summed E-state index contributed by atoms with van der Waals surface area (Å²) in [5.74, 6) is -0.374. The largest absolute Gasteiger partial charge is 0.325 e. The lowest BCUT2D eigenvalue weighted by Gasteiger charge is -2.32. The topological polar surface area (TPSA) is 45.2 Å². The molecule has 4 rings (SSSR count). The molecular weight excluding hydrogens is 396 g/mol. The minimum atomic E-state index is -0.326. The summed E-state index contributed by atoms with van der Waals surface area (Å²) in [5, 5.41) is 2.82. The standard InChI is InChI=1S/C25H25F2N3O/c26-21-6-3-18(4-7-21)14-19-5-12-24(28-15-19)20-2-1-13-30(16-20)17-25(31)29-23-10-8-22(27)9-11-23/h3-12,15,20H,1-2,13-14,16-17H2,(H,29,31)/t20-/m0/s1. The number of carbonyl (C=O) groups is 1. The number of amides is 1. The molecule has 1 saturated heterocycles. The number of halogens is 2. The number of piperidine rings is 1. The number of hydrogen-bond acceptors (Lipinski definition) is 3. The SMILES string of the molecule is O=C(CN1CCC[C@H](c2ccc(Cc3ccc(F)cc3)cn2)C1)Nc1ccc(F)cc1. The van der Waals surface area contributed by atoms with Crippen LogP contribution in [0.4, 0.5) is 14.5 Å².